The van der Waals surface area contributed by atoms with Crippen molar-refractivity contribution in [1.82, 2.24) is 0 Å². The maximum atomic E-state index is 8.10. The van der Waals surface area contributed by atoms with Gasteiger partial charge in [0.15, 0.2) is 0 Å². The Morgan fingerprint density at radius 1 is 1.38 bits per heavy atom. The highest BCUT2D eigenvalue weighted by molar-refractivity contribution is 5.22. The number of nitrogens with zero attached hydrogens (tertiary/aromatic N) is 3. The van der Waals surface area contributed by atoms with Crippen molar-refractivity contribution in [2.24, 2.45) is 5.11 Å². The molecule has 1 heterocycles. The molecule has 1 aliphatic rings. The molecule has 4 nitrogen and oxygen atoms in total. The summed E-state index contributed by atoms with van der Waals surface area (Å²) >= 11 is 0. The zero-order chi connectivity index (χ0) is 9.10. The Bertz CT molecular complexity index is 332. The molecule has 1 fully saturated rings. The lowest BCUT2D eigenvalue weighted by Gasteiger charge is -1.92. The van der Waals surface area contributed by atoms with E-state index in [2.05, 4.69) is 10.0 Å². The number of ether oxygens (including phenoxy) is 1. The minimum atomic E-state index is 0.0818. The van der Waals surface area contributed by atoms with Gasteiger partial charge in [-0.05, 0) is 11.1 Å². The maximum absolute atomic E-state index is 8.10. The van der Waals surface area contributed by atoms with Crippen molar-refractivity contribution in [1.29, 1.82) is 0 Å². The lowest BCUT2D eigenvalue weighted by Crippen LogP contribution is -1.91. The van der Waals surface area contributed by atoms with E-state index in [1.54, 1.807) is 0 Å². The van der Waals surface area contributed by atoms with Crippen LogP contribution in [0.1, 0.15) is 11.7 Å². The minimum Gasteiger partial charge on any atom is -0.364 e. The van der Waals surface area contributed by atoms with Crippen molar-refractivity contribution >= 4 is 0 Å². The zero-order valence-electron chi connectivity index (χ0n) is 7.00. The average Bonchev–Trinajstić information content (AvgIpc) is 2.95. The van der Waals surface area contributed by atoms with Gasteiger partial charge in [-0.1, -0.05) is 35.4 Å². The fourth-order valence-corrected chi connectivity index (χ4v) is 1.33. The van der Waals surface area contributed by atoms with Gasteiger partial charge in [0.1, 0.15) is 6.10 Å². The average molecular weight is 175 g/mol. The Labute approximate surface area is 75.8 Å². The van der Waals surface area contributed by atoms with Crippen LogP contribution in [0.25, 0.3) is 10.4 Å². The van der Waals surface area contributed by atoms with Gasteiger partial charge >= 0.3 is 0 Å². The SMILES string of the molecule is [N-]=[N+]=NC[C@H]1O[C@@H]1c1ccccc1. The molecule has 0 radical (unpaired) electrons. The van der Waals surface area contributed by atoms with Gasteiger partial charge in [0.25, 0.3) is 0 Å². The summed E-state index contributed by atoms with van der Waals surface area (Å²) in [5, 5.41) is 3.47. The van der Waals surface area contributed by atoms with E-state index in [4.69, 9.17) is 10.3 Å². The highest BCUT2D eigenvalue weighted by Crippen LogP contribution is 2.38. The van der Waals surface area contributed by atoms with Gasteiger partial charge < -0.3 is 4.74 Å². The van der Waals surface area contributed by atoms with Crippen molar-refractivity contribution in [3.05, 3.63) is 46.3 Å². The first-order chi connectivity index (χ1) is 6.42. The Hall–Kier alpha value is -1.51. The van der Waals surface area contributed by atoms with Crippen LogP contribution in [0.2, 0.25) is 0 Å². The molecule has 0 spiro atoms. The van der Waals surface area contributed by atoms with E-state index in [1.165, 1.54) is 0 Å². The predicted octanol–water partition coefficient (Wildman–Crippen LogP) is 2.44. The van der Waals surface area contributed by atoms with E-state index < -0.39 is 0 Å². The van der Waals surface area contributed by atoms with Crippen molar-refractivity contribution in [3.8, 4) is 0 Å². The molecule has 1 aliphatic heterocycles. The topological polar surface area (TPSA) is 61.3 Å². The van der Waals surface area contributed by atoms with Crippen molar-refractivity contribution in [2.45, 2.75) is 12.2 Å². The fraction of sp³-hybridized carbons (Fsp3) is 0.333. The third kappa shape index (κ3) is 1.80. The van der Waals surface area contributed by atoms with Gasteiger partial charge in [-0.15, -0.1) is 0 Å². The van der Waals surface area contributed by atoms with Crippen LogP contribution in [0.4, 0.5) is 0 Å². The molecule has 66 valence electrons. The van der Waals surface area contributed by atoms with Crippen molar-refractivity contribution < 1.29 is 4.74 Å². The predicted molar refractivity (Wildman–Crippen MR) is 48.1 cm³/mol. The summed E-state index contributed by atoms with van der Waals surface area (Å²) in [4.78, 5) is 2.69. The zero-order valence-corrected chi connectivity index (χ0v) is 7.00. The number of rotatable bonds is 3. The van der Waals surface area contributed by atoms with Gasteiger partial charge in [0.2, 0.25) is 0 Å². The Morgan fingerprint density at radius 2 is 2.15 bits per heavy atom. The molecule has 0 amide bonds. The molecule has 2 atom stereocenters. The van der Waals surface area contributed by atoms with Crippen LogP contribution in [-0.2, 0) is 4.74 Å². The minimum absolute atomic E-state index is 0.0818. The summed E-state index contributed by atoms with van der Waals surface area (Å²) in [6.45, 7) is 0.427. The van der Waals surface area contributed by atoms with Crippen LogP contribution in [0.15, 0.2) is 35.4 Å². The first-order valence-corrected chi connectivity index (χ1v) is 4.13. The largest absolute Gasteiger partial charge is 0.364 e. The number of hydrogen-bond donors (Lipinski definition) is 0. The van der Waals surface area contributed by atoms with Crippen LogP contribution in [0.5, 0.6) is 0 Å². The molecule has 1 saturated heterocycles. The summed E-state index contributed by atoms with van der Waals surface area (Å²) in [5.74, 6) is 0. The summed E-state index contributed by atoms with van der Waals surface area (Å²) < 4.78 is 5.34. The van der Waals surface area contributed by atoms with E-state index in [0.717, 1.165) is 5.56 Å². The van der Waals surface area contributed by atoms with E-state index in [1.807, 2.05) is 30.3 Å². The summed E-state index contributed by atoms with van der Waals surface area (Å²) in [5.41, 5.74) is 9.26. The van der Waals surface area contributed by atoms with Crippen LogP contribution >= 0.6 is 0 Å². The quantitative estimate of drug-likeness (QED) is 0.301. The number of epoxide rings is 1. The van der Waals surface area contributed by atoms with Crippen LogP contribution < -0.4 is 0 Å². The fourth-order valence-electron chi connectivity index (χ4n) is 1.33. The van der Waals surface area contributed by atoms with Crippen LogP contribution in [0.3, 0.4) is 0 Å². The highest BCUT2D eigenvalue weighted by atomic mass is 16.6. The Morgan fingerprint density at radius 3 is 2.85 bits per heavy atom. The molecule has 1 aromatic rings. The molecule has 0 N–H and O–H groups in total. The second kappa shape index (κ2) is 3.47. The second-order valence-electron chi connectivity index (χ2n) is 2.92. The van der Waals surface area contributed by atoms with Crippen molar-refractivity contribution in [3.63, 3.8) is 0 Å². The molecular formula is C9H9N3O. The van der Waals surface area contributed by atoms with E-state index in [0.29, 0.717) is 6.54 Å². The first kappa shape index (κ1) is 8.10. The standard InChI is InChI=1S/C9H9N3O/c10-12-11-6-8-9(13-8)7-4-2-1-3-5-7/h1-5,8-9H,6H2/t8-,9-/m1/s1. The molecule has 0 unspecified atom stereocenters. The molecular weight excluding hydrogens is 166 g/mol. The number of benzene rings is 1. The smallest absolute Gasteiger partial charge is 0.109 e. The van der Waals surface area contributed by atoms with Gasteiger partial charge in [0, 0.05) is 4.91 Å². The lowest BCUT2D eigenvalue weighted by molar-refractivity contribution is 0.376. The third-order valence-corrected chi connectivity index (χ3v) is 2.04. The molecule has 13 heavy (non-hydrogen) atoms. The molecule has 0 aromatic heterocycles. The Balaban J connectivity index is 1.96. The summed E-state index contributed by atoms with van der Waals surface area (Å²) in [6.07, 6.45) is 0.213. The lowest BCUT2D eigenvalue weighted by atomic mass is 10.1. The summed E-state index contributed by atoms with van der Waals surface area (Å²) in [7, 11) is 0. The maximum Gasteiger partial charge on any atom is 0.109 e. The van der Waals surface area contributed by atoms with Gasteiger partial charge in [-0.3, -0.25) is 0 Å². The molecule has 2 rings (SSSR count). The number of hydrogen-bond acceptors (Lipinski definition) is 2. The molecule has 0 saturated carbocycles. The van der Waals surface area contributed by atoms with E-state index in [9.17, 15) is 0 Å². The van der Waals surface area contributed by atoms with E-state index in [-0.39, 0.29) is 12.2 Å². The van der Waals surface area contributed by atoms with Crippen LogP contribution in [-0.4, -0.2) is 12.6 Å². The third-order valence-electron chi connectivity index (χ3n) is 2.04. The molecule has 1 aromatic carbocycles. The van der Waals surface area contributed by atoms with Crippen molar-refractivity contribution in [2.75, 3.05) is 6.54 Å². The van der Waals surface area contributed by atoms with Crippen LogP contribution in [0, 0.1) is 0 Å². The second-order valence-corrected chi connectivity index (χ2v) is 2.92. The summed E-state index contributed by atoms with van der Waals surface area (Å²) in [6, 6.07) is 9.94. The Kier molecular flexibility index (Phi) is 2.17. The first-order valence-electron chi connectivity index (χ1n) is 4.13. The van der Waals surface area contributed by atoms with Gasteiger partial charge in [0.05, 0.1) is 12.6 Å². The molecule has 0 aliphatic carbocycles. The normalized spacial score (nSPS) is 24.9. The molecule has 4 heteroatoms. The highest BCUT2D eigenvalue weighted by Gasteiger charge is 2.38. The molecule has 0 bridgehead atoms. The van der Waals surface area contributed by atoms with E-state index >= 15 is 0 Å². The van der Waals surface area contributed by atoms with Gasteiger partial charge in [-0.2, -0.15) is 0 Å². The number of azide groups is 1. The van der Waals surface area contributed by atoms with Gasteiger partial charge in [-0.25, -0.2) is 0 Å². The monoisotopic (exact) mass is 175 g/mol.